The van der Waals surface area contributed by atoms with Gasteiger partial charge in [-0.25, -0.2) is 14.6 Å². The second kappa shape index (κ2) is 6.75. The number of nitrogens with zero attached hydrogens (tertiary/aromatic N) is 5. The second-order valence-electron chi connectivity index (χ2n) is 8.08. The molecular weight excluding hydrogens is 346 g/mol. The monoisotopic (exact) mass is 371 g/mol. The van der Waals surface area contributed by atoms with Gasteiger partial charge in [0.2, 0.25) is 0 Å². The zero-order valence-corrected chi connectivity index (χ0v) is 16.7. The Bertz CT molecular complexity index is 971. The van der Waals surface area contributed by atoms with E-state index in [0.717, 1.165) is 17.3 Å². The lowest BCUT2D eigenvalue weighted by molar-refractivity contribution is 0.294. The average Bonchev–Trinajstić information content (AvgIpc) is 3.40. The van der Waals surface area contributed by atoms with Crippen LogP contribution < -0.4 is 0 Å². The fourth-order valence-electron chi connectivity index (χ4n) is 3.37. The third kappa shape index (κ3) is 3.03. The highest BCUT2D eigenvalue weighted by atomic mass is 15.3. The average molecular weight is 371 g/mol. The molecule has 4 heterocycles. The Hall–Kier alpha value is -3.21. The first-order valence-electron chi connectivity index (χ1n) is 9.47. The van der Waals surface area contributed by atoms with Crippen molar-refractivity contribution in [3.8, 4) is 11.6 Å². The Morgan fingerprint density at radius 2 is 1.39 bits per heavy atom. The molecule has 0 aromatic carbocycles. The van der Waals surface area contributed by atoms with Crippen molar-refractivity contribution in [1.29, 1.82) is 0 Å². The fraction of sp³-hybridized carbons (Fsp3) is 0.261. The molecule has 0 atom stereocenters. The Balaban J connectivity index is 1.67. The van der Waals surface area contributed by atoms with E-state index in [1.165, 1.54) is 5.56 Å². The first-order valence-corrected chi connectivity index (χ1v) is 9.47. The zero-order valence-electron chi connectivity index (χ0n) is 16.7. The van der Waals surface area contributed by atoms with Crippen molar-refractivity contribution in [2.24, 2.45) is 0 Å². The third-order valence-corrected chi connectivity index (χ3v) is 6.00. The highest BCUT2D eigenvalue weighted by molar-refractivity contribution is 5.35. The standard InChI is InChI=1S/C23H25N5/c1-22(2,18-11-15-27(17-18)20-9-5-7-13-24-20)23(3,4)19-12-16-28(26-19)21-10-6-8-14-25-21/h5-17H,1-4H3. The second-order valence-corrected chi connectivity index (χ2v) is 8.08. The van der Waals surface area contributed by atoms with Crippen molar-refractivity contribution < 1.29 is 0 Å². The SMILES string of the molecule is CC(C)(c1ccn(-c2ccccn2)c1)C(C)(C)c1ccn(-c2ccccn2)n1. The van der Waals surface area contributed by atoms with Gasteiger partial charge in [0.1, 0.15) is 5.82 Å². The fourth-order valence-corrected chi connectivity index (χ4v) is 3.37. The van der Waals surface area contributed by atoms with Gasteiger partial charge >= 0.3 is 0 Å². The van der Waals surface area contributed by atoms with Gasteiger partial charge in [0.15, 0.2) is 5.82 Å². The minimum absolute atomic E-state index is 0.143. The van der Waals surface area contributed by atoms with Crippen LogP contribution in [0.5, 0.6) is 0 Å². The van der Waals surface area contributed by atoms with Crippen molar-refractivity contribution in [2.45, 2.75) is 38.5 Å². The van der Waals surface area contributed by atoms with Crippen LogP contribution in [0.4, 0.5) is 0 Å². The van der Waals surface area contributed by atoms with Crippen molar-refractivity contribution >= 4 is 0 Å². The molecular formula is C23H25N5. The van der Waals surface area contributed by atoms with E-state index < -0.39 is 0 Å². The maximum atomic E-state index is 4.84. The zero-order chi connectivity index (χ0) is 19.8. The molecule has 0 fully saturated rings. The van der Waals surface area contributed by atoms with E-state index in [2.05, 4.69) is 66.8 Å². The summed E-state index contributed by atoms with van der Waals surface area (Å²) in [5.41, 5.74) is 1.95. The molecule has 0 saturated heterocycles. The Morgan fingerprint density at radius 3 is 2.04 bits per heavy atom. The van der Waals surface area contributed by atoms with E-state index in [4.69, 9.17) is 5.10 Å². The summed E-state index contributed by atoms with van der Waals surface area (Å²) in [6.07, 6.45) is 9.82. The molecule has 0 spiro atoms. The van der Waals surface area contributed by atoms with Gasteiger partial charge in [-0.3, -0.25) is 0 Å². The van der Waals surface area contributed by atoms with Gasteiger partial charge in [-0.2, -0.15) is 5.10 Å². The van der Waals surface area contributed by atoms with Crippen LogP contribution in [0, 0.1) is 0 Å². The predicted molar refractivity (Wildman–Crippen MR) is 111 cm³/mol. The molecule has 5 nitrogen and oxygen atoms in total. The van der Waals surface area contributed by atoms with E-state index in [1.807, 2.05) is 53.5 Å². The largest absolute Gasteiger partial charge is 0.308 e. The quantitative estimate of drug-likeness (QED) is 0.510. The molecule has 0 aliphatic heterocycles. The molecule has 0 N–H and O–H groups in total. The number of hydrogen-bond donors (Lipinski definition) is 0. The third-order valence-electron chi connectivity index (χ3n) is 6.00. The molecule has 28 heavy (non-hydrogen) atoms. The molecule has 4 rings (SSSR count). The van der Waals surface area contributed by atoms with Crippen LogP contribution in [-0.4, -0.2) is 24.3 Å². The Kier molecular flexibility index (Phi) is 4.38. The smallest absolute Gasteiger partial charge is 0.153 e. The predicted octanol–water partition coefficient (Wildman–Crippen LogP) is 4.71. The first kappa shape index (κ1) is 18.2. The maximum absolute atomic E-state index is 4.84. The van der Waals surface area contributed by atoms with E-state index in [9.17, 15) is 0 Å². The molecule has 0 unspecified atom stereocenters. The van der Waals surface area contributed by atoms with E-state index in [0.29, 0.717) is 0 Å². The number of pyridine rings is 2. The van der Waals surface area contributed by atoms with E-state index in [1.54, 1.807) is 6.20 Å². The van der Waals surface area contributed by atoms with E-state index in [-0.39, 0.29) is 10.8 Å². The number of hydrogen-bond acceptors (Lipinski definition) is 3. The summed E-state index contributed by atoms with van der Waals surface area (Å²) < 4.78 is 3.91. The van der Waals surface area contributed by atoms with Crippen LogP contribution in [0.2, 0.25) is 0 Å². The molecule has 4 aromatic rings. The van der Waals surface area contributed by atoms with Crippen molar-refractivity contribution in [1.82, 2.24) is 24.3 Å². The molecule has 0 bridgehead atoms. The summed E-state index contributed by atoms with van der Waals surface area (Å²) >= 11 is 0. The lowest BCUT2D eigenvalue weighted by Crippen LogP contribution is -2.40. The summed E-state index contributed by atoms with van der Waals surface area (Å²) in [5.74, 6) is 1.74. The van der Waals surface area contributed by atoms with Crippen LogP contribution in [0.25, 0.3) is 11.6 Å². The van der Waals surface area contributed by atoms with Crippen LogP contribution in [-0.2, 0) is 10.8 Å². The molecule has 0 saturated carbocycles. The Morgan fingerprint density at radius 1 is 0.714 bits per heavy atom. The normalized spacial score (nSPS) is 12.3. The summed E-state index contributed by atoms with van der Waals surface area (Å²) in [5, 5.41) is 4.84. The van der Waals surface area contributed by atoms with E-state index >= 15 is 0 Å². The van der Waals surface area contributed by atoms with Crippen molar-refractivity contribution in [2.75, 3.05) is 0 Å². The maximum Gasteiger partial charge on any atom is 0.153 e. The van der Waals surface area contributed by atoms with Gasteiger partial charge in [0, 0.05) is 41.8 Å². The molecule has 0 radical (unpaired) electrons. The van der Waals surface area contributed by atoms with Gasteiger partial charge in [-0.15, -0.1) is 0 Å². The van der Waals surface area contributed by atoms with Crippen LogP contribution >= 0.6 is 0 Å². The summed E-state index contributed by atoms with van der Waals surface area (Å²) in [4.78, 5) is 8.83. The molecule has 4 aromatic heterocycles. The van der Waals surface area contributed by atoms with Gasteiger partial charge in [0.05, 0.1) is 5.69 Å². The minimum atomic E-state index is -0.191. The van der Waals surface area contributed by atoms with Gasteiger partial charge in [0.25, 0.3) is 0 Å². The first-order chi connectivity index (χ1) is 13.4. The lowest BCUT2D eigenvalue weighted by Gasteiger charge is -2.40. The van der Waals surface area contributed by atoms with Gasteiger partial charge in [-0.1, -0.05) is 39.8 Å². The highest BCUT2D eigenvalue weighted by Gasteiger charge is 2.42. The molecule has 0 amide bonds. The summed E-state index contributed by atoms with van der Waals surface area (Å²) in [6, 6.07) is 16.0. The number of aromatic nitrogens is 5. The van der Waals surface area contributed by atoms with Crippen molar-refractivity contribution in [3.63, 3.8) is 0 Å². The molecule has 0 aliphatic carbocycles. The van der Waals surface area contributed by atoms with Gasteiger partial charge < -0.3 is 4.57 Å². The number of rotatable bonds is 5. The topological polar surface area (TPSA) is 48.5 Å². The molecule has 142 valence electrons. The van der Waals surface area contributed by atoms with Crippen LogP contribution in [0.1, 0.15) is 39.0 Å². The summed E-state index contributed by atoms with van der Waals surface area (Å²) in [7, 11) is 0. The molecule has 0 aliphatic rings. The van der Waals surface area contributed by atoms with Crippen molar-refractivity contribution in [3.05, 3.63) is 90.8 Å². The summed E-state index contributed by atoms with van der Waals surface area (Å²) in [6.45, 7) is 9.03. The van der Waals surface area contributed by atoms with Gasteiger partial charge in [-0.05, 0) is 42.0 Å². The minimum Gasteiger partial charge on any atom is -0.308 e. The van der Waals surface area contributed by atoms with Crippen LogP contribution in [0.15, 0.2) is 79.5 Å². The highest BCUT2D eigenvalue weighted by Crippen LogP contribution is 2.43. The Labute approximate surface area is 165 Å². The molecule has 5 heteroatoms. The van der Waals surface area contributed by atoms with Crippen LogP contribution in [0.3, 0.4) is 0 Å². The lowest BCUT2D eigenvalue weighted by atomic mass is 9.63.